The lowest BCUT2D eigenvalue weighted by Crippen LogP contribution is -2.38. The molecule has 1 aromatic rings. The number of allylic oxidation sites excluding steroid dienone is 3. The van der Waals surface area contributed by atoms with Crippen molar-refractivity contribution < 1.29 is 0 Å². The van der Waals surface area contributed by atoms with E-state index in [-0.39, 0.29) is 0 Å². The Morgan fingerprint density at radius 1 is 0.950 bits per heavy atom. The van der Waals surface area contributed by atoms with Gasteiger partial charge < -0.3 is 4.90 Å². The van der Waals surface area contributed by atoms with E-state index in [4.69, 9.17) is 0 Å². The Morgan fingerprint density at radius 3 is 2.15 bits per heavy atom. The highest BCUT2D eigenvalue weighted by atomic mass is 15.2. The van der Waals surface area contributed by atoms with Crippen LogP contribution in [0.25, 0.3) is 0 Å². The summed E-state index contributed by atoms with van der Waals surface area (Å²) in [6.07, 6.45) is 2.33. The first-order valence-electron chi connectivity index (χ1n) is 7.78. The number of nitrogens with zero attached hydrogens (tertiary/aromatic N) is 1. The summed E-state index contributed by atoms with van der Waals surface area (Å²) in [5, 5.41) is 0. The molecule has 0 fully saturated rings. The standard InChI is InChI=1S/C19H27N/c1-6-18-15(4)14(3)16(5)20(19(18)7-2)13-17-11-9-8-10-12-17/h8-12,19H,6-7,13H2,1-5H3. The van der Waals surface area contributed by atoms with Crippen LogP contribution < -0.4 is 0 Å². The highest BCUT2D eigenvalue weighted by Crippen LogP contribution is 2.35. The maximum Gasteiger partial charge on any atom is 0.0506 e. The molecule has 0 saturated carbocycles. The lowest BCUT2D eigenvalue weighted by atomic mass is 9.87. The first kappa shape index (κ1) is 14.9. The summed E-state index contributed by atoms with van der Waals surface area (Å²) in [6.45, 7) is 12.4. The molecule has 2 rings (SSSR count). The van der Waals surface area contributed by atoms with Crippen LogP contribution in [0.4, 0.5) is 0 Å². The van der Waals surface area contributed by atoms with E-state index in [1.54, 1.807) is 5.57 Å². The van der Waals surface area contributed by atoms with Crippen LogP contribution in [-0.2, 0) is 6.54 Å². The molecule has 1 unspecified atom stereocenters. The Morgan fingerprint density at radius 2 is 1.60 bits per heavy atom. The molecule has 20 heavy (non-hydrogen) atoms. The molecule has 1 aliphatic heterocycles. The molecule has 0 amide bonds. The van der Waals surface area contributed by atoms with E-state index in [2.05, 4.69) is 69.9 Å². The van der Waals surface area contributed by atoms with Gasteiger partial charge in [0.05, 0.1) is 6.04 Å². The molecule has 1 heterocycles. The third-order valence-corrected chi connectivity index (χ3v) is 4.76. The van der Waals surface area contributed by atoms with Crippen molar-refractivity contribution >= 4 is 0 Å². The van der Waals surface area contributed by atoms with E-state index < -0.39 is 0 Å². The minimum Gasteiger partial charge on any atom is -0.364 e. The maximum absolute atomic E-state index is 2.59. The van der Waals surface area contributed by atoms with E-state index in [0.717, 1.165) is 13.0 Å². The monoisotopic (exact) mass is 269 g/mol. The third kappa shape index (κ3) is 2.67. The lowest BCUT2D eigenvalue weighted by Gasteiger charge is -2.41. The van der Waals surface area contributed by atoms with Crippen molar-refractivity contribution in [2.24, 2.45) is 0 Å². The molecule has 0 N–H and O–H groups in total. The van der Waals surface area contributed by atoms with Crippen LogP contribution in [0.1, 0.15) is 53.0 Å². The fourth-order valence-electron chi connectivity index (χ4n) is 3.38. The molecular weight excluding hydrogens is 242 g/mol. The summed E-state index contributed by atoms with van der Waals surface area (Å²) in [5.74, 6) is 0. The molecule has 1 nitrogen and oxygen atoms in total. The smallest absolute Gasteiger partial charge is 0.0506 e. The van der Waals surface area contributed by atoms with Crippen molar-refractivity contribution in [3.05, 3.63) is 58.3 Å². The Bertz CT molecular complexity index is 522. The highest BCUT2D eigenvalue weighted by Gasteiger charge is 2.27. The van der Waals surface area contributed by atoms with Crippen LogP contribution in [0.2, 0.25) is 0 Å². The zero-order valence-corrected chi connectivity index (χ0v) is 13.5. The van der Waals surface area contributed by atoms with Crippen LogP contribution >= 0.6 is 0 Å². The van der Waals surface area contributed by atoms with Gasteiger partial charge in [0.25, 0.3) is 0 Å². The quantitative estimate of drug-likeness (QED) is 0.716. The van der Waals surface area contributed by atoms with Crippen LogP contribution in [0.3, 0.4) is 0 Å². The Kier molecular flexibility index (Phi) is 4.69. The summed E-state index contributed by atoms with van der Waals surface area (Å²) in [7, 11) is 0. The molecule has 108 valence electrons. The normalized spacial score (nSPS) is 19.9. The van der Waals surface area contributed by atoms with Crippen molar-refractivity contribution in [2.45, 2.75) is 60.0 Å². The van der Waals surface area contributed by atoms with Gasteiger partial charge in [-0.15, -0.1) is 0 Å². The SMILES string of the molecule is CCC1=C(C)C(C)=C(C)N(Cc2ccccc2)C1CC. The second kappa shape index (κ2) is 6.30. The highest BCUT2D eigenvalue weighted by molar-refractivity contribution is 5.42. The van der Waals surface area contributed by atoms with Crippen molar-refractivity contribution in [1.82, 2.24) is 4.90 Å². The molecule has 0 radical (unpaired) electrons. The molecule has 1 aromatic carbocycles. The second-order valence-electron chi connectivity index (χ2n) is 5.75. The van der Waals surface area contributed by atoms with Crippen molar-refractivity contribution in [2.75, 3.05) is 0 Å². The molecular formula is C19H27N. The molecule has 1 heteroatoms. The van der Waals surface area contributed by atoms with Gasteiger partial charge in [0, 0.05) is 12.2 Å². The van der Waals surface area contributed by atoms with Crippen LogP contribution in [0, 0.1) is 0 Å². The van der Waals surface area contributed by atoms with Gasteiger partial charge in [0.1, 0.15) is 0 Å². The molecule has 0 bridgehead atoms. The van der Waals surface area contributed by atoms with Crippen molar-refractivity contribution in [3.63, 3.8) is 0 Å². The van der Waals surface area contributed by atoms with Gasteiger partial charge >= 0.3 is 0 Å². The lowest BCUT2D eigenvalue weighted by molar-refractivity contribution is 0.254. The Balaban J connectivity index is 2.37. The average Bonchev–Trinajstić information content (AvgIpc) is 2.48. The summed E-state index contributed by atoms with van der Waals surface area (Å²) in [6, 6.07) is 11.4. The number of benzene rings is 1. The van der Waals surface area contributed by atoms with E-state index >= 15 is 0 Å². The molecule has 0 aliphatic carbocycles. The average molecular weight is 269 g/mol. The fraction of sp³-hybridized carbons (Fsp3) is 0.474. The summed E-state index contributed by atoms with van der Waals surface area (Å²) in [5.41, 5.74) is 7.43. The Labute approximate surface area is 124 Å². The zero-order valence-electron chi connectivity index (χ0n) is 13.5. The number of hydrogen-bond donors (Lipinski definition) is 0. The first-order valence-corrected chi connectivity index (χ1v) is 7.78. The van der Waals surface area contributed by atoms with Gasteiger partial charge in [-0.05, 0) is 55.9 Å². The molecule has 0 saturated heterocycles. The Hall–Kier alpha value is -1.50. The predicted octanol–water partition coefficient (Wildman–Crippen LogP) is 5.30. The maximum atomic E-state index is 2.59. The minimum atomic E-state index is 0.559. The van der Waals surface area contributed by atoms with Gasteiger partial charge in [-0.1, -0.05) is 44.2 Å². The molecule has 1 aliphatic rings. The molecule has 0 aromatic heterocycles. The van der Waals surface area contributed by atoms with E-state index in [1.807, 2.05) is 0 Å². The van der Waals surface area contributed by atoms with Gasteiger partial charge in [-0.3, -0.25) is 0 Å². The van der Waals surface area contributed by atoms with E-state index in [9.17, 15) is 0 Å². The van der Waals surface area contributed by atoms with Gasteiger partial charge in [-0.2, -0.15) is 0 Å². The molecule has 1 atom stereocenters. The van der Waals surface area contributed by atoms with Crippen LogP contribution in [-0.4, -0.2) is 10.9 Å². The number of rotatable bonds is 4. The molecule has 0 spiro atoms. The van der Waals surface area contributed by atoms with E-state index in [1.165, 1.54) is 28.8 Å². The predicted molar refractivity (Wildman–Crippen MR) is 87.4 cm³/mol. The summed E-state index contributed by atoms with van der Waals surface area (Å²) in [4.78, 5) is 2.59. The van der Waals surface area contributed by atoms with Gasteiger partial charge in [0.2, 0.25) is 0 Å². The fourth-order valence-corrected chi connectivity index (χ4v) is 3.38. The number of hydrogen-bond acceptors (Lipinski definition) is 1. The topological polar surface area (TPSA) is 3.24 Å². The van der Waals surface area contributed by atoms with Crippen LogP contribution in [0.5, 0.6) is 0 Å². The van der Waals surface area contributed by atoms with Gasteiger partial charge in [-0.25, -0.2) is 0 Å². The zero-order chi connectivity index (χ0) is 14.7. The van der Waals surface area contributed by atoms with Crippen molar-refractivity contribution in [1.29, 1.82) is 0 Å². The third-order valence-electron chi connectivity index (χ3n) is 4.76. The van der Waals surface area contributed by atoms with Crippen molar-refractivity contribution in [3.8, 4) is 0 Å². The van der Waals surface area contributed by atoms with Gasteiger partial charge in [0.15, 0.2) is 0 Å². The van der Waals surface area contributed by atoms with Crippen LogP contribution in [0.15, 0.2) is 52.7 Å². The largest absolute Gasteiger partial charge is 0.364 e. The summed E-state index contributed by atoms with van der Waals surface area (Å²) >= 11 is 0. The minimum absolute atomic E-state index is 0.559. The van der Waals surface area contributed by atoms with E-state index in [0.29, 0.717) is 6.04 Å². The summed E-state index contributed by atoms with van der Waals surface area (Å²) < 4.78 is 0. The second-order valence-corrected chi connectivity index (χ2v) is 5.75. The first-order chi connectivity index (χ1) is 9.60.